The molecule has 1 atom stereocenters. The Kier molecular flexibility index (Phi) is 5.86. The predicted molar refractivity (Wildman–Crippen MR) is 93.5 cm³/mol. The molecule has 156 valence electrons. The van der Waals surface area contributed by atoms with Crippen molar-refractivity contribution in [3.05, 3.63) is 89.0 Å². The van der Waals surface area contributed by atoms with Gasteiger partial charge in [0.15, 0.2) is 5.78 Å². The van der Waals surface area contributed by atoms with Crippen LogP contribution in [0.1, 0.15) is 45.1 Å². The second-order valence-electron chi connectivity index (χ2n) is 6.36. The molecule has 0 radical (unpaired) electrons. The van der Waals surface area contributed by atoms with E-state index in [0.29, 0.717) is 0 Å². The minimum Gasteiger partial charge on any atom is -0.294 e. The van der Waals surface area contributed by atoms with Crippen LogP contribution < -0.4 is 0 Å². The Morgan fingerprint density at radius 3 is 2.13 bits per heavy atom. The van der Waals surface area contributed by atoms with Gasteiger partial charge < -0.3 is 0 Å². The number of hydrogen-bond acceptors (Lipinski definition) is 4. The van der Waals surface area contributed by atoms with Crippen LogP contribution in [-0.2, 0) is 12.4 Å². The van der Waals surface area contributed by atoms with Crippen molar-refractivity contribution in [3.8, 4) is 0 Å². The fourth-order valence-electron chi connectivity index (χ4n) is 2.97. The summed E-state index contributed by atoms with van der Waals surface area (Å²) >= 11 is 0. The summed E-state index contributed by atoms with van der Waals surface area (Å²) in [4.78, 5) is 16.4. The molecule has 0 fully saturated rings. The van der Waals surface area contributed by atoms with Gasteiger partial charge in [-0.3, -0.25) is 9.78 Å². The molecule has 1 aromatic carbocycles. The Morgan fingerprint density at radius 2 is 1.57 bits per heavy atom. The number of carbonyl (C=O) groups is 1. The van der Waals surface area contributed by atoms with Gasteiger partial charge in [-0.1, -0.05) is 12.1 Å². The van der Waals surface area contributed by atoms with Gasteiger partial charge in [0.1, 0.15) is 0 Å². The van der Waals surface area contributed by atoms with Gasteiger partial charge in [-0.2, -0.15) is 36.5 Å². The van der Waals surface area contributed by atoms with E-state index in [-0.39, 0.29) is 11.1 Å². The number of ketones is 1. The number of halogens is 6. The zero-order valence-corrected chi connectivity index (χ0v) is 15.1. The third kappa shape index (κ3) is 4.81. The number of benzene rings is 1. The third-order valence-electron chi connectivity index (χ3n) is 4.41. The van der Waals surface area contributed by atoms with E-state index in [9.17, 15) is 31.1 Å². The molecule has 30 heavy (non-hydrogen) atoms. The van der Waals surface area contributed by atoms with Crippen LogP contribution in [-0.4, -0.2) is 21.0 Å². The van der Waals surface area contributed by atoms with Crippen LogP contribution in [0.15, 0.2) is 61.1 Å². The van der Waals surface area contributed by atoms with Gasteiger partial charge in [-0.05, 0) is 35.9 Å². The highest BCUT2D eigenvalue weighted by Gasteiger charge is 2.37. The van der Waals surface area contributed by atoms with E-state index in [0.717, 1.165) is 48.8 Å². The number of aromatic nitrogens is 3. The van der Waals surface area contributed by atoms with Gasteiger partial charge in [-0.25, -0.2) is 0 Å². The van der Waals surface area contributed by atoms with Crippen molar-refractivity contribution in [1.29, 1.82) is 0 Å². The lowest BCUT2D eigenvalue weighted by molar-refractivity contribution is -0.139. The van der Waals surface area contributed by atoms with Gasteiger partial charge in [0, 0.05) is 24.1 Å². The molecule has 3 rings (SSSR count). The lowest BCUT2D eigenvalue weighted by Crippen LogP contribution is -2.17. The average Bonchev–Trinajstić information content (AvgIpc) is 2.71. The largest absolute Gasteiger partial charge is 0.418 e. The molecular formula is C20H13F6N3O. The van der Waals surface area contributed by atoms with Gasteiger partial charge in [0.25, 0.3) is 0 Å². The van der Waals surface area contributed by atoms with Crippen LogP contribution in [0.3, 0.4) is 0 Å². The number of alkyl halides is 6. The summed E-state index contributed by atoms with van der Waals surface area (Å²) in [6.45, 7) is 0. The van der Waals surface area contributed by atoms with E-state index in [4.69, 9.17) is 0 Å². The van der Waals surface area contributed by atoms with Crippen molar-refractivity contribution in [1.82, 2.24) is 15.2 Å². The fourth-order valence-corrected chi connectivity index (χ4v) is 2.97. The maximum absolute atomic E-state index is 13.5. The molecule has 4 nitrogen and oxygen atoms in total. The highest BCUT2D eigenvalue weighted by Crippen LogP contribution is 2.39. The van der Waals surface area contributed by atoms with Gasteiger partial charge >= 0.3 is 12.4 Å². The van der Waals surface area contributed by atoms with Crippen molar-refractivity contribution in [3.63, 3.8) is 0 Å². The van der Waals surface area contributed by atoms with E-state index >= 15 is 0 Å². The lowest BCUT2D eigenvalue weighted by Gasteiger charge is -2.21. The molecule has 0 unspecified atom stereocenters. The second-order valence-corrected chi connectivity index (χ2v) is 6.36. The molecular weight excluding hydrogens is 412 g/mol. The first-order chi connectivity index (χ1) is 14.1. The Balaban J connectivity index is 2.07. The molecule has 0 bridgehead atoms. The van der Waals surface area contributed by atoms with E-state index in [1.165, 1.54) is 12.3 Å². The first kappa shape index (κ1) is 21.4. The average molecular weight is 425 g/mol. The fraction of sp³-hybridized carbons (Fsp3) is 0.200. The van der Waals surface area contributed by atoms with Crippen molar-refractivity contribution in [2.45, 2.75) is 24.7 Å². The highest BCUT2D eigenvalue weighted by molar-refractivity contribution is 5.96. The third-order valence-corrected chi connectivity index (χ3v) is 4.41. The molecule has 0 aliphatic rings. The Morgan fingerprint density at radius 1 is 0.867 bits per heavy atom. The predicted octanol–water partition coefficient (Wildman–Crippen LogP) is 5.31. The molecule has 10 heteroatoms. The molecule has 2 aromatic heterocycles. The van der Waals surface area contributed by atoms with Crippen LogP contribution in [0.25, 0.3) is 0 Å². The van der Waals surface area contributed by atoms with E-state index in [1.54, 1.807) is 0 Å². The molecule has 0 amide bonds. The van der Waals surface area contributed by atoms with Crippen molar-refractivity contribution >= 4 is 5.78 Å². The SMILES string of the molecule is O=C(C[C@@H](c1ccc(C(F)(F)F)cc1)c1ncccc1C(F)(F)F)c1ccnnc1. The summed E-state index contributed by atoms with van der Waals surface area (Å²) in [5.74, 6) is -1.76. The number of pyridine rings is 1. The minimum absolute atomic E-state index is 0.0996. The number of nitrogens with zero attached hydrogens (tertiary/aromatic N) is 3. The molecule has 0 N–H and O–H groups in total. The monoisotopic (exact) mass is 425 g/mol. The van der Waals surface area contributed by atoms with Gasteiger partial charge in [0.2, 0.25) is 0 Å². The van der Waals surface area contributed by atoms with E-state index < -0.39 is 47.3 Å². The minimum atomic E-state index is -4.75. The van der Waals surface area contributed by atoms with Gasteiger partial charge in [-0.15, -0.1) is 0 Å². The zero-order chi connectivity index (χ0) is 21.9. The summed E-state index contributed by atoms with van der Waals surface area (Å²) in [5.41, 5.74) is -2.24. The van der Waals surface area contributed by atoms with Crippen LogP contribution in [0.5, 0.6) is 0 Å². The Bertz CT molecular complexity index is 1020. The summed E-state index contributed by atoms with van der Waals surface area (Å²) in [6, 6.07) is 6.90. The van der Waals surface area contributed by atoms with Crippen LogP contribution in [0.4, 0.5) is 26.3 Å². The Hall–Kier alpha value is -3.30. The van der Waals surface area contributed by atoms with E-state index in [2.05, 4.69) is 15.2 Å². The highest BCUT2D eigenvalue weighted by atomic mass is 19.4. The van der Waals surface area contributed by atoms with Crippen LogP contribution in [0.2, 0.25) is 0 Å². The standard InChI is InChI=1S/C20H13F6N3O/c21-19(22,23)14-5-3-12(4-6-14)15(10-17(30)13-7-9-28-29-11-13)18-16(20(24,25)26)2-1-8-27-18/h1-9,11,15H,10H2/t15-/m0/s1. The molecule has 0 aliphatic carbocycles. The maximum atomic E-state index is 13.5. The summed E-state index contributed by atoms with van der Waals surface area (Å²) < 4.78 is 79.1. The smallest absolute Gasteiger partial charge is 0.294 e. The van der Waals surface area contributed by atoms with Crippen molar-refractivity contribution in [2.75, 3.05) is 0 Å². The van der Waals surface area contributed by atoms with Crippen LogP contribution >= 0.6 is 0 Å². The molecule has 0 spiro atoms. The first-order valence-corrected chi connectivity index (χ1v) is 8.56. The second kappa shape index (κ2) is 8.21. The number of rotatable bonds is 5. The molecule has 2 heterocycles. The normalized spacial score (nSPS) is 13.1. The number of carbonyl (C=O) groups excluding carboxylic acids is 1. The molecule has 0 saturated carbocycles. The summed E-state index contributed by atoms with van der Waals surface area (Å²) in [5, 5.41) is 7.10. The van der Waals surface area contributed by atoms with Crippen molar-refractivity contribution < 1.29 is 31.1 Å². The number of hydrogen-bond donors (Lipinski definition) is 0. The maximum Gasteiger partial charge on any atom is 0.418 e. The van der Waals surface area contributed by atoms with E-state index in [1.807, 2.05) is 0 Å². The molecule has 0 aliphatic heterocycles. The quantitative estimate of drug-likeness (QED) is 0.411. The topological polar surface area (TPSA) is 55.7 Å². The number of Topliss-reactive ketones (excluding diaryl/α,β-unsaturated/α-hetero) is 1. The summed E-state index contributed by atoms with van der Waals surface area (Å²) in [6.07, 6.45) is -6.25. The van der Waals surface area contributed by atoms with Gasteiger partial charge in [0.05, 0.1) is 29.2 Å². The first-order valence-electron chi connectivity index (χ1n) is 8.56. The molecule has 3 aromatic rings. The zero-order valence-electron chi connectivity index (χ0n) is 15.1. The summed E-state index contributed by atoms with van der Waals surface area (Å²) in [7, 11) is 0. The van der Waals surface area contributed by atoms with Crippen molar-refractivity contribution in [2.24, 2.45) is 0 Å². The molecule has 0 saturated heterocycles. The Labute approximate surface area is 166 Å². The van der Waals surface area contributed by atoms with Crippen LogP contribution in [0, 0.1) is 0 Å². The lowest BCUT2D eigenvalue weighted by atomic mass is 9.86.